The van der Waals surface area contributed by atoms with Gasteiger partial charge in [-0.05, 0) is 81.9 Å². The number of fused-ring (bicyclic) bond motifs is 2. The van der Waals surface area contributed by atoms with Gasteiger partial charge in [0.25, 0.3) is 20.2 Å². The van der Waals surface area contributed by atoms with E-state index in [1.165, 1.54) is 11.6 Å². The van der Waals surface area contributed by atoms with Crippen LogP contribution in [0.4, 0.5) is 11.4 Å². The van der Waals surface area contributed by atoms with Gasteiger partial charge in [-0.15, -0.1) is 0 Å². The molecule has 13 nitrogen and oxygen atoms in total. The van der Waals surface area contributed by atoms with Crippen LogP contribution in [-0.4, -0.2) is 77.8 Å². The maximum Gasteiger partial charge on any atom is 0.312 e. The second kappa shape index (κ2) is 19.7. The molecule has 0 radical (unpaired) electrons. The largest absolute Gasteiger partial charge is 0.344 e. The molecule has 0 saturated carbocycles. The normalized spacial score (nSPS) is 17.6. The molecule has 2 aromatic rings. The molecular weight excluding hydrogens is 801 g/mol. The molecule has 2 aromatic carbocycles. The van der Waals surface area contributed by atoms with Crippen LogP contribution in [0.2, 0.25) is 0 Å². The van der Waals surface area contributed by atoms with Gasteiger partial charge in [0, 0.05) is 60.6 Å². The van der Waals surface area contributed by atoms with Gasteiger partial charge < -0.3 is 4.90 Å². The molecule has 0 bridgehead atoms. The van der Waals surface area contributed by atoms with E-state index in [9.17, 15) is 29.8 Å². The molecule has 2 heterocycles. The van der Waals surface area contributed by atoms with E-state index in [-0.39, 0.29) is 21.8 Å². The lowest BCUT2D eigenvalue weighted by Gasteiger charge is -2.27. The summed E-state index contributed by atoms with van der Waals surface area (Å²) < 4.78 is 94.4. The van der Waals surface area contributed by atoms with Crippen molar-refractivity contribution in [3.8, 4) is 0 Å². The molecule has 0 spiro atoms. The number of hydrogen-bond acceptors (Lipinski definition) is 11. The average Bonchev–Trinajstić information content (AvgIpc) is 3.49. The number of nitrogens with one attached hydrogen (secondary N) is 2. The number of aryl methyl sites for hydroxylation is 1. The molecule has 16 heteroatoms. The fourth-order valence-corrected chi connectivity index (χ4v) is 9.75. The molecule has 0 aromatic heterocycles. The fourth-order valence-electron chi connectivity index (χ4n) is 7.38. The lowest BCUT2D eigenvalue weighted by Crippen LogP contribution is -2.28. The average molecular weight is 862 g/mol. The predicted molar refractivity (Wildman–Crippen MR) is 231 cm³/mol. The smallest absolute Gasteiger partial charge is 0.312 e. The Morgan fingerprint density at radius 3 is 2.19 bits per heavy atom. The zero-order valence-corrected chi connectivity index (χ0v) is 37.5. The Kier molecular flexibility index (Phi) is 16.0. The maximum atomic E-state index is 13.0. The van der Waals surface area contributed by atoms with Crippen LogP contribution in [0.5, 0.6) is 0 Å². The molecule has 0 unspecified atom stereocenters. The highest BCUT2D eigenvalue weighted by Crippen LogP contribution is 2.48. The number of anilines is 1. The topological polar surface area (TPSA) is 171 Å². The van der Waals surface area contributed by atoms with Gasteiger partial charge in [-0.25, -0.2) is 0 Å². The van der Waals surface area contributed by atoms with Crippen molar-refractivity contribution in [3.05, 3.63) is 101 Å². The Labute approximate surface area is 346 Å². The zero-order chi connectivity index (χ0) is 42.9. The van der Waals surface area contributed by atoms with Crippen LogP contribution in [0.3, 0.4) is 0 Å². The van der Waals surface area contributed by atoms with Crippen LogP contribution in [-0.2, 0) is 49.8 Å². The van der Waals surface area contributed by atoms with E-state index in [1.807, 2.05) is 32.1 Å². The Balaban J connectivity index is 1.64. The molecule has 0 aliphatic carbocycles. The van der Waals surface area contributed by atoms with Crippen LogP contribution in [0.1, 0.15) is 97.3 Å². The van der Waals surface area contributed by atoms with Crippen molar-refractivity contribution < 1.29 is 42.9 Å². The first-order chi connectivity index (χ1) is 27.2. The molecule has 4 rings (SSSR count). The van der Waals surface area contributed by atoms with Crippen molar-refractivity contribution in [1.29, 1.82) is 0 Å². The zero-order valence-electron chi connectivity index (χ0n) is 35.0. The molecule has 2 aliphatic heterocycles. The minimum atomic E-state index is -4.06. The third kappa shape index (κ3) is 11.8. The SMILES string of the molecule is CCNOS(=O)(=O)CCCC[N+]1=C(C=CC=C(C=CC=C2N(CCCCS(=O)(=O)O)c3ccc(C)cc3C2(C)C)CC)C(C)(C)c2cc(S(=O)(=O)ONCC)ccc21. The number of unbranched alkanes of at least 4 members (excludes halogenated alkanes) is 2. The van der Waals surface area contributed by atoms with E-state index in [2.05, 4.69) is 84.6 Å². The summed E-state index contributed by atoms with van der Waals surface area (Å²) in [6.07, 6.45) is 14.9. The summed E-state index contributed by atoms with van der Waals surface area (Å²) >= 11 is 0. The van der Waals surface area contributed by atoms with E-state index < -0.39 is 35.8 Å². The van der Waals surface area contributed by atoms with Crippen molar-refractivity contribution in [1.82, 2.24) is 11.0 Å². The third-order valence-corrected chi connectivity index (χ3v) is 13.6. The number of hydroxylamine groups is 2. The summed E-state index contributed by atoms with van der Waals surface area (Å²) in [5, 5.41) is 0. The predicted octanol–water partition coefficient (Wildman–Crippen LogP) is 7.05. The highest BCUT2D eigenvalue weighted by atomic mass is 32.2. The van der Waals surface area contributed by atoms with E-state index in [4.69, 9.17) is 8.57 Å². The van der Waals surface area contributed by atoms with Gasteiger partial charge in [-0.3, -0.25) is 4.55 Å². The maximum absolute atomic E-state index is 13.0. The van der Waals surface area contributed by atoms with Crippen molar-refractivity contribution in [3.63, 3.8) is 0 Å². The number of benzene rings is 2. The minimum Gasteiger partial charge on any atom is -0.344 e. The van der Waals surface area contributed by atoms with Crippen LogP contribution < -0.4 is 15.9 Å². The highest BCUT2D eigenvalue weighted by Gasteiger charge is 2.45. The molecule has 2 aliphatic rings. The summed E-state index contributed by atoms with van der Waals surface area (Å²) in [7, 11) is -11.8. The van der Waals surface area contributed by atoms with Gasteiger partial charge in [0.15, 0.2) is 5.71 Å². The second-order valence-corrected chi connectivity index (χ2v) is 20.4. The number of nitrogens with zero attached hydrogens (tertiary/aromatic N) is 2. The Morgan fingerprint density at radius 1 is 0.828 bits per heavy atom. The first kappa shape index (κ1) is 47.2. The minimum absolute atomic E-state index is 0.0323. The summed E-state index contributed by atoms with van der Waals surface area (Å²) in [6, 6.07) is 11.3. The molecule has 320 valence electrons. The van der Waals surface area contributed by atoms with Crippen molar-refractivity contribution in [2.75, 3.05) is 42.6 Å². The Hall–Kier alpha value is -3.48. The number of rotatable bonds is 22. The van der Waals surface area contributed by atoms with Crippen LogP contribution in [0, 0.1) is 6.92 Å². The summed E-state index contributed by atoms with van der Waals surface area (Å²) in [4.78, 5) is 2.28. The van der Waals surface area contributed by atoms with Crippen molar-refractivity contribution in [2.24, 2.45) is 0 Å². The van der Waals surface area contributed by atoms with Crippen LogP contribution in [0.15, 0.2) is 89.0 Å². The third-order valence-electron chi connectivity index (χ3n) is 10.4. The molecule has 0 fully saturated rings. The fraction of sp³-hybridized carbons (Fsp3) is 0.500. The highest BCUT2D eigenvalue weighted by molar-refractivity contribution is 7.87. The first-order valence-corrected chi connectivity index (χ1v) is 24.5. The molecule has 0 amide bonds. The quantitative estimate of drug-likeness (QED) is 0.0363. The van der Waals surface area contributed by atoms with Gasteiger partial charge in [0.2, 0.25) is 5.69 Å². The summed E-state index contributed by atoms with van der Waals surface area (Å²) in [6.45, 7) is 17.9. The van der Waals surface area contributed by atoms with E-state index in [0.29, 0.717) is 51.9 Å². The Morgan fingerprint density at radius 2 is 1.52 bits per heavy atom. The van der Waals surface area contributed by atoms with Gasteiger partial charge in [-0.2, -0.15) is 49.4 Å². The van der Waals surface area contributed by atoms with Gasteiger partial charge in [0.1, 0.15) is 6.54 Å². The van der Waals surface area contributed by atoms with Gasteiger partial charge >= 0.3 is 10.1 Å². The monoisotopic (exact) mass is 861 g/mol. The van der Waals surface area contributed by atoms with Crippen LogP contribution >= 0.6 is 0 Å². The molecule has 0 atom stereocenters. The standard InChI is InChI=1S/C42H60N4O9S3/c1-9-33(18-16-20-39-41(5,6)35-30-32(4)22-24-37(35)45(39)26-12-14-28-56(47,48)49)19-17-21-40-42(7,8)36-31-34(58(52,53)55-44-11-3)23-25-38(36)46(40)27-13-15-29-57(50,51)54-43-10-2/h16-25,30-31,43-44H,9-15,26-29H2,1-8H3/p+1. The summed E-state index contributed by atoms with van der Waals surface area (Å²) in [5.41, 5.74) is 12.1. The van der Waals surface area contributed by atoms with E-state index in [0.717, 1.165) is 45.9 Å². The van der Waals surface area contributed by atoms with Crippen molar-refractivity contribution >= 4 is 47.4 Å². The number of hydrogen-bond donors (Lipinski definition) is 3. The lowest BCUT2D eigenvalue weighted by molar-refractivity contribution is -0.438. The van der Waals surface area contributed by atoms with E-state index in [1.54, 1.807) is 26.0 Å². The molecule has 58 heavy (non-hydrogen) atoms. The summed E-state index contributed by atoms with van der Waals surface area (Å²) in [5.74, 6) is -0.415. The number of allylic oxidation sites excluding steroid dienone is 8. The van der Waals surface area contributed by atoms with Gasteiger partial charge in [-0.1, -0.05) is 76.6 Å². The van der Waals surface area contributed by atoms with Gasteiger partial charge in [0.05, 0.1) is 21.8 Å². The molecule has 0 saturated heterocycles. The second-order valence-electron chi connectivity index (χ2n) is 15.6. The molecule has 3 N–H and O–H groups in total. The van der Waals surface area contributed by atoms with Crippen molar-refractivity contribution in [2.45, 2.75) is 103 Å². The lowest BCUT2D eigenvalue weighted by atomic mass is 9.81. The molecular formula is C42H61N4O9S3+. The van der Waals surface area contributed by atoms with Crippen LogP contribution in [0.25, 0.3) is 0 Å². The van der Waals surface area contributed by atoms with E-state index >= 15 is 0 Å². The first-order valence-electron chi connectivity index (χ1n) is 19.9. The Bertz CT molecular complexity index is 2290.